The lowest BCUT2D eigenvalue weighted by Gasteiger charge is -2.08. The van der Waals surface area contributed by atoms with Gasteiger partial charge in [0.15, 0.2) is 11.6 Å². The van der Waals surface area contributed by atoms with Crippen molar-refractivity contribution in [2.45, 2.75) is 0 Å². The van der Waals surface area contributed by atoms with E-state index in [0.717, 1.165) is 12.1 Å². The summed E-state index contributed by atoms with van der Waals surface area (Å²) in [6, 6.07) is 3.99. The molecule has 104 valence electrons. The highest BCUT2D eigenvalue weighted by Gasteiger charge is 2.16. The van der Waals surface area contributed by atoms with E-state index in [1.54, 1.807) is 0 Å². The molecule has 3 N–H and O–H groups in total. The Bertz CT molecular complexity index is 688. The summed E-state index contributed by atoms with van der Waals surface area (Å²) in [5.74, 6) is -5.81. The van der Waals surface area contributed by atoms with Crippen LogP contribution in [0.3, 0.4) is 0 Å². The second-order valence-electron chi connectivity index (χ2n) is 3.94. The van der Waals surface area contributed by atoms with E-state index >= 15 is 0 Å². The molecular formula is C13H8F4N2O. The molecule has 0 aliphatic heterocycles. The van der Waals surface area contributed by atoms with Crippen molar-refractivity contribution < 1.29 is 22.4 Å². The van der Waals surface area contributed by atoms with E-state index in [0.29, 0.717) is 6.07 Å². The summed E-state index contributed by atoms with van der Waals surface area (Å²) in [6.45, 7) is 0. The molecule has 0 radical (unpaired) electrons. The summed E-state index contributed by atoms with van der Waals surface area (Å²) in [5.41, 5.74) is 4.49. The molecule has 0 fully saturated rings. The smallest absolute Gasteiger partial charge is 0.258 e. The maximum Gasteiger partial charge on any atom is 0.258 e. The van der Waals surface area contributed by atoms with Crippen molar-refractivity contribution in [3.8, 4) is 0 Å². The highest BCUT2D eigenvalue weighted by Crippen LogP contribution is 2.20. The van der Waals surface area contributed by atoms with Crippen molar-refractivity contribution >= 4 is 17.3 Å². The van der Waals surface area contributed by atoms with Gasteiger partial charge in [0.05, 0.1) is 11.3 Å². The second kappa shape index (κ2) is 5.20. The minimum absolute atomic E-state index is 0.127. The van der Waals surface area contributed by atoms with Gasteiger partial charge >= 0.3 is 0 Å². The van der Waals surface area contributed by atoms with Crippen LogP contribution in [-0.2, 0) is 0 Å². The molecule has 0 heterocycles. The summed E-state index contributed by atoms with van der Waals surface area (Å²) in [6.07, 6.45) is 0. The Morgan fingerprint density at radius 1 is 0.900 bits per heavy atom. The number of carbonyl (C=O) groups excluding carboxylic acids is 1. The maximum absolute atomic E-state index is 13.4. The van der Waals surface area contributed by atoms with Gasteiger partial charge in [0.2, 0.25) is 0 Å². The minimum Gasteiger partial charge on any atom is -0.399 e. The molecule has 2 aromatic carbocycles. The third-order valence-electron chi connectivity index (χ3n) is 2.49. The SMILES string of the molecule is Nc1ccc(F)c(C(=O)Nc2cc(F)c(F)cc2F)c1. The third kappa shape index (κ3) is 2.71. The fourth-order valence-corrected chi connectivity index (χ4v) is 1.52. The molecule has 0 unspecified atom stereocenters. The number of carbonyl (C=O) groups is 1. The Morgan fingerprint density at radius 3 is 2.25 bits per heavy atom. The van der Waals surface area contributed by atoms with Crippen molar-refractivity contribution in [3.05, 3.63) is 59.2 Å². The number of hydrogen-bond acceptors (Lipinski definition) is 2. The van der Waals surface area contributed by atoms with Gasteiger partial charge in [0, 0.05) is 17.8 Å². The Labute approximate surface area is 111 Å². The summed E-state index contributed by atoms with van der Waals surface area (Å²) >= 11 is 0. The number of nitrogens with two attached hydrogens (primary N) is 1. The molecule has 2 rings (SSSR count). The Morgan fingerprint density at radius 2 is 1.55 bits per heavy atom. The van der Waals surface area contributed by atoms with Gasteiger partial charge in [-0.2, -0.15) is 0 Å². The molecule has 7 heteroatoms. The molecule has 0 bridgehead atoms. The average Bonchev–Trinajstić information content (AvgIpc) is 2.38. The van der Waals surface area contributed by atoms with E-state index in [9.17, 15) is 22.4 Å². The van der Waals surface area contributed by atoms with E-state index in [1.165, 1.54) is 6.07 Å². The van der Waals surface area contributed by atoms with E-state index in [4.69, 9.17) is 5.73 Å². The van der Waals surface area contributed by atoms with Crippen LogP contribution in [0.1, 0.15) is 10.4 Å². The first kappa shape index (κ1) is 13.9. The van der Waals surface area contributed by atoms with Gasteiger partial charge in [-0.3, -0.25) is 4.79 Å². The summed E-state index contributed by atoms with van der Waals surface area (Å²) < 4.78 is 52.5. The molecule has 0 atom stereocenters. The Hall–Kier alpha value is -2.57. The van der Waals surface area contributed by atoms with Crippen LogP contribution in [0.4, 0.5) is 28.9 Å². The molecule has 2 aromatic rings. The molecule has 20 heavy (non-hydrogen) atoms. The first-order valence-electron chi connectivity index (χ1n) is 5.39. The summed E-state index contributed by atoms with van der Waals surface area (Å²) in [7, 11) is 0. The maximum atomic E-state index is 13.4. The summed E-state index contributed by atoms with van der Waals surface area (Å²) in [4.78, 5) is 11.7. The van der Waals surface area contributed by atoms with E-state index in [2.05, 4.69) is 0 Å². The van der Waals surface area contributed by atoms with Crippen molar-refractivity contribution in [2.75, 3.05) is 11.1 Å². The number of nitrogens with one attached hydrogen (secondary N) is 1. The van der Waals surface area contributed by atoms with Crippen LogP contribution in [0.5, 0.6) is 0 Å². The lowest BCUT2D eigenvalue weighted by atomic mass is 10.1. The summed E-state index contributed by atoms with van der Waals surface area (Å²) in [5, 5.41) is 1.95. The van der Waals surface area contributed by atoms with Crippen molar-refractivity contribution in [1.82, 2.24) is 0 Å². The quantitative estimate of drug-likeness (QED) is 0.506. The minimum atomic E-state index is -1.39. The fraction of sp³-hybridized carbons (Fsp3) is 0. The fourth-order valence-electron chi connectivity index (χ4n) is 1.52. The number of nitrogen functional groups attached to an aromatic ring is 1. The van der Waals surface area contributed by atoms with Crippen LogP contribution >= 0.6 is 0 Å². The first-order chi connectivity index (χ1) is 9.38. The van der Waals surface area contributed by atoms with Crippen LogP contribution in [-0.4, -0.2) is 5.91 Å². The topological polar surface area (TPSA) is 55.1 Å². The van der Waals surface area contributed by atoms with Crippen LogP contribution in [0.2, 0.25) is 0 Å². The van der Waals surface area contributed by atoms with E-state index < -0.39 is 40.4 Å². The number of anilines is 2. The average molecular weight is 284 g/mol. The number of halogens is 4. The molecule has 0 aliphatic carbocycles. The van der Waals surface area contributed by atoms with Crippen LogP contribution in [0.25, 0.3) is 0 Å². The number of amides is 1. The molecule has 0 spiro atoms. The molecule has 0 aliphatic rings. The predicted octanol–water partition coefficient (Wildman–Crippen LogP) is 3.08. The Kier molecular flexibility index (Phi) is 3.60. The lowest BCUT2D eigenvalue weighted by Crippen LogP contribution is -2.15. The molecule has 0 saturated carbocycles. The number of rotatable bonds is 2. The van der Waals surface area contributed by atoms with Crippen molar-refractivity contribution in [3.63, 3.8) is 0 Å². The normalized spacial score (nSPS) is 10.4. The van der Waals surface area contributed by atoms with Gasteiger partial charge in [-0.1, -0.05) is 0 Å². The van der Waals surface area contributed by atoms with Gasteiger partial charge < -0.3 is 11.1 Å². The highest BCUT2D eigenvalue weighted by atomic mass is 19.2. The first-order valence-corrected chi connectivity index (χ1v) is 5.39. The lowest BCUT2D eigenvalue weighted by molar-refractivity contribution is 0.102. The predicted molar refractivity (Wildman–Crippen MR) is 65.1 cm³/mol. The van der Waals surface area contributed by atoms with Crippen LogP contribution in [0.15, 0.2) is 30.3 Å². The van der Waals surface area contributed by atoms with Crippen molar-refractivity contribution in [1.29, 1.82) is 0 Å². The van der Waals surface area contributed by atoms with Crippen LogP contribution < -0.4 is 11.1 Å². The van der Waals surface area contributed by atoms with Gasteiger partial charge in [0.25, 0.3) is 5.91 Å². The molecule has 0 aromatic heterocycles. The molecule has 0 saturated heterocycles. The van der Waals surface area contributed by atoms with Gasteiger partial charge in [0.1, 0.15) is 11.6 Å². The van der Waals surface area contributed by atoms with Gasteiger partial charge in [-0.05, 0) is 18.2 Å². The zero-order valence-electron chi connectivity index (χ0n) is 9.88. The molecule has 1 amide bonds. The standard InChI is InChI=1S/C13H8F4N2O/c14-8-2-1-6(18)3-7(8)13(20)19-12-5-10(16)9(15)4-11(12)17/h1-5H,18H2,(H,19,20). The second-order valence-corrected chi connectivity index (χ2v) is 3.94. The zero-order valence-corrected chi connectivity index (χ0v) is 9.88. The zero-order chi connectivity index (χ0) is 14.9. The van der Waals surface area contributed by atoms with Gasteiger partial charge in [-0.15, -0.1) is 0 Å². The monoisotopic (exact) mass is 284 g/mol. The Balaban J connectivity index is 2.32. The van der Waals surface area contributed by atoms with Crippen molar-refractivity contribution in [2.24, 2.45) is 0 Å². The number of hydrogen-bond donors (Lipinski definition) is 2. The third-order valence-corrected chi connectivity index (χ3v) is 2.49. The van der Waals surface area contributed by atoms with Crippen LogP contribution in [0, 0.1) is 23.3 Å². The number of benzene rings is 2. The molecule has 3 nitrogen and oxygen atoms in total. The van der Waals surface area contributed by atoms with E-state index in [-0.39, 0.29) is 11.8 Å². The van der Waals surface area contributed by atoms with Gasteiger partial charge in [-0.25, -0.2) is 17.6 Å². The largest absolute Gasteiger partial charge is 0.399 e. The van der Waals surface area contributed by atoms with E-state index in [1.807, 2.05) is 5.32 Å². The molecular weight excluding hydrogens is 276 g/mol. The highest BCUT2D eigenvalue weighted by molar-refractivity contribution is 6.05.